The van der Waals surface area contributed by atoms with Gasteiger partial charge in [-0.1, -0.05) is 76.6 Å². The van der Waals surface area contributed by atoms with Crippen LogP contribution in [0.15, 0.2) is 24.3 Å². The van der Waals surface area contributed by atoms with Crippen molar-refractivity contribution in [2.45, 2.75) is 96.7 Å². The van der Waals surface area contributed by atoms with Gasteiger partial charge in [-0.15, -0.1) is 0 Å². The van der Waals surface area contributed by atoms with Gasteiger partial charge in [0.25, 0.3) is 0 Å². The summed E-state index contributed by atoms with van der Waals surface area (Å²) in [4.78, 5) is 0. The second-order valence-electron chi connectivity index (χ2n) is 8.86. The van der Waals surface area contributed by atoms with Gasteiger partial charge in [0.2, 0.25) is 0 Å². The first-order valence-corrected chi connectivity index (χ1v) is 11.6. The first kappa shape index (κ1) is 20.9. The molecule has 0 radical (unpaired) electrons. The molecular formula is C25H40O2. The second kappa shape index (κ2) is 11.2. The third-order valence-corrected chi connectivity index (χ3v) is 6.79. The molecule has 0 unspecified atom stereocenters. The molecule has 0 amide bonds. The summed E-state index contributed by atoms with van der Waals surface area (Å²) < 4.78 is 11.8. The largest absolute Gasteiger partial charge is 0.348 e. The summed E-state index contributed by atoms with van der Waals surface area (Å²) in [5.41, 5.74) is 2.69. The first-order valence-electron chi connectivity index (χ1n) is 11.6. The summed E-state index contributed by atoms with van der Waals surface area (Å²) in [6, 6.07) is 9.10. The first-order chi connectivity index (χ1) is 13.3. The lowest BCUT2D eigenvalue weighted by Crippen LogP contribution is -2.26. The Balaban J connectivity index is 1.40. The molecule has 0 N–H and O–H groups in total. The molecule has 1 saturated heterocycles. The Hall–Kier alpha value is -0.860. The van der Waals surface area contributed by atoms with E-state index in [1.807, 2.05) is 0 Å². The van der Waals surface area contributed by atoms with Crippen LogP contribution in [-0.4, -0.2) is 13.2 Å². The highest BCUT2D eigenvalue weighted by molar-refractivity contribution is 5.26. The number of hydrogen-bond donors (Lipinski definition) is 0. The molecule has 2 aliphatic rings. The highest BCUT2D eigenvalue weighted by Gasteiger charge is 2.24. The summed E-state index contributed by atoms with van der Waals surface area (Å²) in [6.45, 7) is 6.15. The van der Waals surface area contributed by atoms with Crippen LogP contribution in [0.1, 0.15) is 108 Å². The van der Waals surface area contributed by atoms with Crippen molar-refractivity contribution in [2.75, 3.05) is 13.2 Å². The molecule has 2 nitrogen and oxygen atoms in total. The molecule has 2 heteroatoms. The maximum absolute atomic E-state index is 5.91. The highest BCUT2D eigenvalue weighted by atomic mass is 16.7. The third-order valence-electron chi connectivity index (χ3n) is 6.79. The monoisotopic (exact) mass is 372 g/mol. The van der Waals surface area contributed by atoms with Crippen molar-refractivity contribution in [2.24, 2.45) is 11.8 Å². The summed E-state index contributed by atoms with van der Waals surface area (Å²) in [5.74, 6) is 2.30. The van der Waals surface area contributed by atoms with Gasteiger partial charge in [0.05, 0.1) is 13.2 Å². The number of ether oxygens (including phenoxy) is 2. The average Bonchev–Trinajstić information content (AvgIpc) is 2.74. The Morgan fingerprint density at radius 3 is 2.00 bits per heavy atom. The molecule has 1 saturated carbocycles. The molecule has 1 aromatic carbocycles. The zero-order valence-corrected chi connectivity index (χ0v) is 17.6. The van der Waals surface area contributed by atoms with E-state index in [1.54, 1.807) is 0 Å². The molecule has 152 valence electrons. The number of rotatable bonds is 9. The van der Waals surface area contributed by atoms with Gasteiger partial charge in [-0.05, 0) is 49.5 Å². The number of unbranched alkanes of at least 4 members (excludes halogenated alkanes) is 4. The van der Waals surface area contributed by atoms with Crippen molar-refractivity contribution in [3.63, 3.8) is 0 Å². The van der Waals surface area contributed by atoms with Crippen molar-refractivity contribution in [1.82, 2.24) is 0 Å². The van der Waals surface area contributed by atoms with Crippen LogP contribution in [0.5, 0.6) is 0 Å². The van der Waals surface area contributed by atoms with Crippen LogP contribution in [0.3, 0.4) is 0 Å². The minimum atomic E-state index is -0.162. The maximum Gasteiger partial charge on any atom is 0.183 e. The van der Waals surface area contributed by atoms with Gasteiger partial charge in [-0.2, -0.15) is 0 Å². The standard InChI is InChI=1S/C25H40O2/c1-3-5-6-7-8-9-21-10-12-22(13-11-21)23-14-16-24(17-15-23)25-26-18-20(4-2)19-27-25/h14-17,20-22,25H,3-13,18-19H2,1-2H3. The average molecular weight is 373 g/mol. The van der Waals surface area contributed by atoms with Crippen LogP contribution in [0.25, 0.3) is 0 Å². The molecule has 2 fully saturated rings. The lowest BCUT2D eigenvalue weighted by molar-refractivity contribution is -0.205. The van der Waals surface area contributed by atoms with Gasteiger partial charge in [-0.25, -0.2) is 0 Å². The second-order valence-corrected chi connectivity index (χ2v) is 8.86. The predicted octanol–water partition coefficient (Wildman–Crippen LogP) is 7.39. The van der Waals surface area contributed by atoms with E-state index in [0.29, 0.717) is 5.92 Å². The molecule has 1 heterocycles. The van der Waals surface area contributed by atoms with E-state index in [9.17, 15) is 0 Å². The lowest BCUT2D eigenvalue weighted by Gasteiger charge is -2.30. The van der Waals surface area contributed by atoms with E-state index < -0.39 is 0 Å². The Morgan fingerprint density at radius 2 is 1.37 bits per heavy atom. The molecule has 0 aromatic heterocycles. The zero-order chi connectivity index (χ0) is 18.9. The van der Waals surface area contributed by atoms with Gasteiger partial charge in [0.1, 0.15) is 0 Å². The van der Waals surface area contributed by atoms with E-state index in [-0.39, 0.29) is 6.29 Å². The zero-order valence-electron chi connectivity index (χ0n) is 17.6. The van der Waals surface area contributed by atoms with E-state index in [4.69, 9.17) is 9.47 Å². The van der Waals surface area contributed by atoms with Gasteiger partial charge < -0.3 is 9.47 Å². The Bertz CT molecular complexity index is 508. The molecule has 0 bridgehead atoms. The number of benzene rings is 1. The molecular weight excluding hydrogens is 332 g/mol. The predicted molar refractivity (Wildman–Crippen MR) is 113 cm³/mol. The van der Waals surface area contributed by atoms with Gasteiger partial charge in [-0.3, -0.25) is 0 Å². The molecule has 1 aliphatic carbocycles. The summed E-state index contributed by atoms with van der Waals surface area (Å²) in [6.07, 6.45) is 15.1. The van der Waals surface area contributed by atoms with Crippen molar-refractivity contribution < 1.29 is 9.47 Å². The smallest absolute Gasteiger partial charge is 0.183 e. The topological polar surface area (TPSA) is 18.5 Å². The van der Waals surface area contributed by atoms with Gasteiger partial charge in [0, 0.05) is 11.5 Å². The van der Waals surface area contributed by atoms with E-state index in [2.05, 4.69) is 38.1 Å². The molecule has 0 atom stereocenters. The van der Waals surface area contributed by atoms with E-state index >= 15 is 0 Å². The molecule has 1 aliphatic heterocycles. The SMILES string of the molecule is CCCCCCCC1CCC(c2ccc(C3OCC(CC)CO3)cc2)CC1. The fourth-order valence-corrected chi connectivity index (χ4v) is 4.72. The molecule has 3 rings (SSSR count). The van der Waals surface area contributed by atoms with E-state index in [1.165, 1.54) is 75.3 Å². The van der Waals surface area contributed by atoms with Gasteiger partial charge >= 0.3 is 0 Å². The quantitative estimate of drug-likeness (QED) is 0.421. The summed E-state index contributed by atoms with van der Waals surface area (Å²) >= 11 is 0. The minimum absolute atomic E-state index is 0.162. The summed E-state index contributed by atoms with van der Waals surface area (Å²) in [5, 5.41) is 0. The fourth-order valence-electron chi connectivity index (χ4n) is 4.72. The Morgan fingerprint density at radius 1 is 0.741 bits per heavy atom. The Labute approximate surface area is 167 Å². The maximum atomic E-state index is 5.91. The van der Waals surface area contributed by atoms with E-state index in [0.717, 1.165) is 31.5 Å². The fraction of sp³-hybridized carbons (Fsp3) is 0.760. The Kier molecular flexibility index (Phi) is 8.67. The minimum Gasteiger partial charge on any atom is -0.348 e. The van der Waals surface area contributed by atoms with Crippen LogP contribution in [-0.2, 0) is 9.47 Å². The molecule has 1 aromatic rings. The van der Waals surface area contributed by atoms with Crippen molar-refractivity contribution in [3.8, 4) is 0 Å². The number of hydrogen-bond acceptors (Lipinski definition) is 2. The van der Waals surface area contributed by atoms with Crippen LogP contribution in [0, 0.1) is 11.8 Å². The van der Waals surface area contributed by atoms with Crippen LogP contribution >= 0.6 is 0 Å². The molecule has 0 spiro atoms. The lowest BCUT2D eigenvalue weighted by atomic mass is 9.77. The normalized spacial score (nSPS) is 29.0. The van der Waals surface area contributed by atoms with Gasteiger partial charge in [0.15, 0.2) is 6.29 Å². The van der Waals surface area contributed by atoms with Crippen LogP contribution in [0.2, 0.25) is 0 Å². The van der Waals surface area contributed by atoms with Crippen molar-refractivity contribution in [1.29, 1.82) is 0 Å². The highest BCUT2D eigenvalue weighted by Crippen LogP contribution is 2.38. The van der Waals surface area contributed by atoms with Crippen molar-refractivity contribution in [3.05, 3.63) is 35.4 Å². The van der Waals surface area contributed by atoms with Crippen molar-refractivity contribution >= 4 is 0 Å². The summed E-state index contributed by atoms with van der Waals surface area (Å²) in [7, 11) is 0. The van der Waals surface area contributed by atoms with Crippen LogP contribution < -0.4 is 0 Å². The molecule has 27 heavy (non-hydrogen) atoms. The van der Waals surface area contributed by atoms with Crippen LogP contribution in [0.4, 0.5) is 0 Å². The third kappa shape index (κ3) is 6.32.